The van der Waals surface area contributed by atoms with Gasteiger partial charge in [-0.05, 0) is 13.0 Å². The maximum Gasteiger partial charge on any atom is 0.325 e. The quantitative estimate of drug-likeness (QED) is 0.541. The number of amides is 2. The van der Waals surface area contributed by atoms with Crippen molar-refractivity contribution in [3.8, 4) is 11.5 Å². The Hall–Kier alpha value is -3.10. The Morgan fingerprint density at radius 1 is 1.22 bits per heavy atom. The first-order chi connectivity index (χ1) is 12.8. The van der Waals surface area contributed by atoms with Crippen molar-refractivity contribution in [1.29, 1.82) is 0 Å². The number of carbonyl (C=O) groups is 4. The second-order valence-electron chi connectivity index (χ2n) is 6.25. The lowest BCUT2D eigenvalue weighted by atomic mass is 9.96. The number of hydrogen-bond acceptors (Lipinski definition) is 8. The van der Waals surface area contributed by atoms with Gasteiger partial charge in [0.25, 0.3) is 11.8 Å². The van der Waals surface area contributed by atoms with Gasteiger partial charge < -0.3 is 18.9 Å². The van der Waals surface area contributed by atoms with Gasteiger partial charge in [-0.25, -0.2) is 0 Å². The number of methoxy groups -OCH3 is 3. The number of fused-ring (bicyclic) bond motifs is 2. The molecule has 0 N–H and O–H groups in total. The third kappa shape index (κ3) is 2.88. The zero-order valence-corrected chi connectivity index (χ0v) is 15.4. The molecule has 0 radical (unpaired) electrons. The molecule has 144 valence electrons. The predicted octanol–water partition coefficient (Wildman–Crippen LogP) is 0.577. The number of rotatable bonds is 5. The van der Waals surface area contributed by atoms with E-state index in [-0.39, 0.29) is 16.9 Å². The first-order valence-corrected chi connectivity index (χ1v) is 8.25. The van der Waals surface area contributed by atoms with Crippen LogP contribution in [0.15, 0.2) is 6.07 Å². The Bertz CT molecular complexity index is 846. The summed E-state index contributed by atoms with van der Waals surface area (Å²) in [5, 5.41) is 0. The number of nitrogens with zero attached hydrogens (tertiary/aromatic N) is 1. The molecule has 27 heavy (non-hydrogen) atoms. The van der Waals surface area contributed by atoms with Crippen LogP contribution in [0.3, 0.4) is 0 Å². The summed E-state index contributed by atoms with van der Waals surface area (Å²) in [5.41, 5.74) is 0.768. The van der Waals surface area contributed by atoms with Gasteiger partial charge in [0, 0.05) is 12.0 Å². The van der Waals surface area contributed by atoms with Crippen molar-refractivity contribution in [3.05, 3.63) is 22.8 Å². The highest BCUT2D eigenvalue weighted by Gasteiger charge is 2.44. The summed E-state index contributed by atoms with van der Waals surface area (Å²) in [6, 6.07) is 1.45. The maximum atomic E-state index is 12.7. The number of carbonyl (C=O) groups excluding carboxylic acids is 4. The maximum absolute atomic E-state index is 12.7. The van der Waals surface area contributed by atoms with Gasteiger partial charge in [0.15, 0.2) is 0 Å². The molecule has 3 rings (SSSR count). The van der Waals surface area contributed by atoms with Crippen molar-refractivity contribution < 1.29 is 38.1 Å². The van der Waals surface area contributed by atoms with Crippen molar-refractivity contribution in [1.82, 2.24) is 4.90 Å². The molecule has 9 nitrogen and oxygen atoms in total. The van der Waals surface area contributed by atoms with E-state index in [1.807, 2.05) is 0 Å². The highest BCUT2D eigenvalue weighted by Crippen LogP contribution is 2.44. The normalized spacial score (nSPS) is 18.5. The molecular formula is C18H19NO8. The molecular weight excluding hydrogens is 358 g/mol. The SMILES string of the molecule is COC(=O)CN1C(=O)c2cc3c(c(OC)c2C1=O)C[C@@H]([C@@H](C)C(=O)OC)O3. The number of benzene rings is 1. The molecule has 0 aromatic heterocycles. The Labute approximate surface area is 155 Å². The molecule has 0 unspecified atom stereocenters. The smallest absolute Gasteiger partial charge is 0.325 e. The van der Waals surface area contributed by atoms with Gasteiger partial charge in [-0.2, -0.15) is 0 Å². The largest absolute Gasteiger partial charge is 0.495 e. The van der Waals surface area contributed by atoms with E-state index >= 15 is 0 Å². The van der Waals surface area contributed by atoms with Gasteiger partial charge in [-0.15, -0.1) is 0 Å². The van der Waals surface area contributed by atoms with E-state index in [4.69, 9.17) is 14.2 Å². The third-order valence-corrected chi connectivity index (χ3v) is 4.81. The van der Waals surface area contributed by atoms with Crippen molar-refractivity contribution in [2.75, 3.05) is 27.9 Å². The van der Waals surface area contributed by atoms with Gasteiger partial charge in [-0.3, -0.25) is 24.1 Å². The van der Waals surface area contributed by atoms with Gasteiger partial charge in [0.1, 0.15) is 24.1 Å². The topological polar surface area (TPSA) is 108 Å². The molecule has 1 aromatic rings. The van der Waals surface area contributed by atoms with Crippen LogP contribution in [0.5, 0.6) is 11.5 Å². The summed E-state index contributed by atoms with van der Waals surface area (Å²) in [7, 11) is 3.85. The minimum absolute atomic E-state index is 0.0834. The van der Waals surface area contributed by atoms with Gasteiger partial charge >= 0.3 is 11.9 Å². The highest BCUT2D eigenvalue weighted by molar-refractivity contribution is 6.24. The number of esters is 2. The average Bonchev–Trinajstić information content (AvgIpc) is 3.20. The molecule has 0 saturated heterocycles. The lowest BCUT2D eigenvalue weighted by molar-refractivity contribution is -0.147. The zero-order valence-electron chi connectivity index (χ0n) is 15.4. The minimum Gasteiger partial charge on any atom is -0.495 e. The molecule has 2 amide bonds. The number of ether oxygens (including phenoxy) is 4. The van der Waals surface area contributed by atoms with Gasteiger partial charge in [0.05, 0.1) is 38.4 Å². The first-order valence-electron chi connectivity index (χ1n) is 8.25. The fraction of sp³-hybridized carbons (Fsp3) is 0.444. The molecule has 2 aliphatic heterocycles. The summed E-state index contributed by atoms with van der Waals surface area (Å²) < 4.78 is 20.5. The van der Waals surface area contributed by atoms with E-state index in [2.05, 4.69) is 4.74 Å². The average molecular weight is 377 g/mol. The van der Waals surface area contributed by atoms with Crippen LogP contribution >= 0.6 is 0 Å². The van der Waals surface area contributed by atoms with Crippen molar-refractivity contribution in [2.45, 2.75) is 19.4 Å². The van der Waals surface area contributed by atoms with Crippen molar-refractivity contribution >= 4 is 23.8 Å². The van der Waals surface area contributed by atoms with Crippen molar-refractivity contribution in [2.24, 2.45) is 5.92 Å². The van der Waals surface area contributed by atoms with Crippen LogP contribution in [0.1, 0.15) is 33.2 Å². The Balaban J connectivity index is 1.98. The standard InChI is InChI=1S/C18H19NO8/c1-8(18(23)26-4)11-5-9-12(27-11)6-10-14(15(9)25-3)17(22)19(16(10)21)7-13(20)24-2/h6,8,11H,5,7H2,1-4H3/t8-,11+/m1/s1. The summed E-state index contributed by atoms with van der Waals surface area (Å²) in [6.07, 6.45) is -0.180. The summed E-state index contributed by atoms with van der Waals surface area (Å²) >= 11 is 0. The van der Waals surface area contributed by atoms with Crippen LogP contribution in [0, 0.1) is 5.92 Å². The second kappa shape index (κ2) is 6.90. The van der Waals surface area contributed by atoms with Crippen LogP contribution in [0.4, 0.5) is 0 Å². The number of imide groups is 1. The Morgan fingerprint density at radius 2 is 1.93 bits per heavy atom. The summed E-state index contributed by atoms with van der Waals surface area (Å²) in [6.45, 7) is 1.19. The van der Waals surface area contributed by atoms with Gasteiger partial charge in [0.2, 0.25) is 0 Å². The van der Waals surface area contributed by atoms with Crippen LogP contribution in [0.2, 0.25) is 0 Å². The van der Waals surface area contributed by atoms with E-state index in [0.717, 1.165) is 4.90 Å². The molecule has 0 bridgehead atoms. The van der Waals surface area contributed by atoms with E-state index in [0.29, 0.717) is 17.7 Å². The molecule has 2 aliphatic rings. The molecule has 0 fully saturated rings. The molecule has 9 heteroatoms. The van der Waals surface area contributed by atoms with E-state index in [1.165, 1.54) is 27.4 Å². The molecule has 1 aromatic carbocycles. The molecule has 0 spiro atoms. The molecule has 2 atom stereocenters. The zero-order chi connectivity index (χ0) is 19.9. The third-order valence-electron chi connectivity index (χ3n) is 4.81. The molecule has 2 heterocycles. The number of hydrogen-bond donors (Lipinski definition) is 0. The summed E-state index contributed by atoms with van der Waals surface area (Å²) in [4.78, 5) is 49.4. The fourth-order valence-electron chi connectivity index (χ4n) is 3.31. The predicted molar refractivity (Wildman–Crippen MR) is 89.7 cm³/mol. The lowest BCUT2D eigenvalue weighted by Gasteiger charge is -2.16. The molecule has 0 saturated carbocycles. The van der Waals surface area contributed by atoms with E-state index in [1.54, 1.807) is 6.92 Å². The summed E-state index contributed by atoms with van der Waals surface area (Å²) in [5.74, 6) is -2.35. The van der Waals surface area contributed by atoms with Crippen LogP contribution in [-0.4, -0.2) is 62.6 Å². The molecule has 0 aliphatic carbocycles. The van der Waals surface area contributed by atoms with Crippen LogP contribution in [-0.2, 0) is 25.5 Å². The lowest BCUT2D eigenvalue weighted by Crippen LogP contribution is -2.35. The Morgan fingerprint density at radius 3 is 2.52 bits per heavy atom. The van der Waals surface area contributed by atoms with E-state index < -0.39 is 42.3 Å². The van der Waals surface area contributed by atoms with Crippen molar-refractivity contribution in [3.63, 3.8) is 0 Å². The second-order valence-corrected chi connectivity index (χ2v) is 6.25. The van der Waals surface area contributed by atoms with Crippen LogP contribution in [0.25, 0.3) is 0 Å². The minimum atomic E-state index is -0.709. The van der Waals surface area contributed by atoms with Gasteiger partial charge in [-0.1, -0.05) is 0 Å². The first kappa shape index (κ1) is 18.7. The Kier molecular flexibility index (Phi) is 4.77. The van der Waals surface area contributed by atoms with Crippen LogP contribution < -0.4 is 9.47 Å². The van der Waals surface area contributed by atoms with E-state index in [9.17, 15) is 19.2 Å². The monoisotopic (exact) mass is 377 g/mol. The highest BCUT2D eigenvalue weighted by atomic mass is 16.5. The fourth-order valence-corrected chi connectivity index (χ4v) is 3.31.